The van der Waals surface area contributed by atoms with E-state index in [2.05, 4.69) is 15.4 Å². The first-order valence-electron chi connectivity index (χ1n) is 6.65. The Bertz CT molecular complexity index is 814. The van der Waals surface area contributed by atoms with Crippen molar-refractivity contribution in [2.24, 2.45) is 7.05 Å². The van der Waals surface area contributed by atoms with Crippen LogP contribution in [0.15, 0.2) is 54.9 Å². The first kappa shape index (κ1) is 14.3. The van der Waals surface area contributed by atoms with Crippen LogP contribution >= 0.6 is 11.6 Å². The molecular weight excluding hydrogens is 300 g/mol. The molecule has 0 aliphatic rings. The number of rotatable bonds is 3. The van der Waals surface area contributed by atoms with Crippen LogP contribution in [0.2, 0.25) is 5.02 Å². The molecule has 6 heteroatoms. The smallest absolute Gasteiger partial charge is 0.258 e. The molecule has 5 nitrogen and oxygen atoms in total. The molecule has 2 heterocycles. The highest BCUT2D eigenvalue weighted by Crippen LogP contribution is 2.22. The zero-order chi connectivity index (χ0) is 15.5. The van der Waals surface area contributed by atoms with Crippen molar-refractivity contribution >= 4 is 23.3 Å². The maximum Gasteiger partial charge on any atom is 0.258 e. The highest BCUT2D eigenvalue weighted by molar-refractivity contribution is 6.34. The number of aromatic nitrogens is 3. The second-order valence-electron chi connectivity index (χ2n) is 4.71. The lowest BCUT2D eigenvalue weighted by Gasteiger charge is -2.06. The van der Waals surface area contributed by atoms with Gasteiger partial charge >= 0.3 is 0 Å². The molecule has 1 amide bonds. The number of anilines is 1. The van der Waals surface area contributed by atoms with Gasteiger partial charge in [0.15, 0.2) is 0 Å². The normalized spacial score (nSPS) is 10.5. The van der Waals surface area contributed by atoms with Gasteiger partial charge in [-0.3, -0.25) is 14.5 Å². The third kappa shape index (κ3) is 2.84. The standard InChI is InChI=1S/C16H13ClN4O/c1-21-15(10-14(20-21)11-6-8-18-9-7-11)19-16(22)12-4-2-3-5-13(12)17/h2-10H,1H3,(H,19,22). The van der Waals surface area contributed by atoms with E-state index in [9.17, 15) is 4.79 Å². The Balaban J connectivity index is 1.86. The van der Waals surface area contributed by atoms with Crippen molar-refractivity contribution in [3.05, 3.63) is 65.4 Å². The number of hydrogen-bond donors (Lipinski definition) is 1. The van der Waals surface area contributed by atoms with Crippen LogP contribution in [0.4, 0.5) is 5.82 Å². The number of halogens is 1. The fraction of sp³-hybridized carbons (Fsp3) is 0.0625. The van der Waals surface area contributed by atoms with E-state index in [-0.39, 0.29) is 5.91 Å². The van der Waals surface area contributed by atoms with Crippen molar-refractivity contribution in [2.75, 3.05) is 5.32 Å². The number of carbonyl (C=O) groups excluding carboxylic acids is 1. The van der Waals surface area contributed by atoms with E-state index < -0.39 is 0 Å². The van der Waals surface area contributed by atoms with Crippen LogP contribution in [0.1, 0.15) is 10.4 Å². The maximum absolute atomic E-state index is 12.3. The highest BCUT2D eigenvalue weighted by Gasteiger charge is 2.13. The molecule has 0 bridgehead atoms. The summed E-state index contributed by atoms with van der Waals surface area (Å²) in [4.78, 5) is 16.3. The Hall–Kier alpha value is -2.66. The molecule has 2 aromatic heterocycles. The molecule has 0 aliphatic heterocycles. The molecule has 1 N–H and O–H groups in total. The van der Waals surface area contributed by atoms with Crippen LogP contribution in [0, 0.1) is 0 Å². The van der Waals surface area contributed by atoms with Gasteiger partial charge in [-0.2, -0.15) is 5.10 Å². The van der Waals surface area contributed by atoms with Crippen LogP contribution in [0.25, 0.3) is 11.3 Å². The molecule has 1 aromatic carbocycles. The third-order valence-corrected chi connectivity index (χ3v) is 3.55. The average molecular weight is 313 g/mol. The van der Waals surface area contributed by atoms with Gasteiger partial charge < -0.3 is 5.32 Å². The number of hydrogen-bond acceptors (Lipinski definition) is 3. The van der Waals surface area contributed by atoms with Crippen molar-refractivity contribution in [1.82, 2.24) is 14.8 Å². The molecular formula is C16H13ClN4O. The van der Waals surface area contributed by atoms with Crippen molar-refractivity contribution in [3.8, 4) is 11.3 Å². The first-order valence-corrected chi connectivity index (χ1v) is 7.03. The van der Waals surface area contributed by atoms with Gasteiger partial charge in [0, 0.05) is 31.1 Å². The number of amides is 1. The van der Waals surface area contributed by atoms with Crippen molar-refractivity contribution in [2.45, 2.75) is 0 Å². The van der Waals surface area contributed by atoms with Crippen LogP contribution in [0.5, 0.6) is 0 Å². The van der Waals surface area contributed by atoms with Crippen LogP contribution in [-0.4, -0.2) is 20.7 Å². The van der Waals surface area contributed by atoms with Gasteiger partial charge in [0.05, 0.1) is 16.3 Å². The highest BCUT2D eigenvalue weighted by atomic mass is 35.5. The van der Waals surface area contributed by atoms with Gasteiger partial charge in [-0.25, -0.2) is 0 Å². The molecule has 22 heavy (non-hydrogen) atoms. The minimum Gasteiger partial charge on any atom is -0.307 e. The molecule has 0 saturated heterocycles. The van der Waals surface area contributed by atoms with Crippen LogP contribution in [-0.2, 0) is 7.05 Å². The van der Waals surface area contributed by atoms with Crippen molar-refractivity contribution < 1.29 is 4.79 Å². The number of nitrogens with zero attached hydrogens (tertiary/aromatic N) is 3. The fourth-order valence-electron chi connectivity index (χ4n) is 2.08. The van der Waals surface area contributed by atoms with Crippen LogP contribution < -0.4 is 5.32 Å². The van der Waals surface area contributed by atoms with E-state index in [1.54, 1.807) is 48.4 Å². The summed E-state index contributed by atoms with van der Waals surface area (Å²) in [5.74, 6) is 0.326. The second kappa shape index (κ2) is 5.99. The molecule has 0 atom stereocenters. The van der Waals surface area contributed by atoms with Gasteiger partial charge in [0.25, 0.3) is 5.91 Å². The minimum absolute atomic E-state index is 0.269. The Labute approximate surface area is 132 Å². The number of carbonyl (C=O) groups is 1. The quantitative estimate of drug-likeness (QED) is 0.806. The van der Waals surface area contributed by atoms with E-state index >= 15 is 0 Å². The van der Waals surface area contributed by atoms with Crippen molar-refractivity contribution in [3.63, 3.8) is 0 Å². The van der Waals surface area contributed by atoms with Gasteiger partial charge in [-0.15, -0.1) is 0 Å². The Morgan fingerprint density at radius 2 is 1.91 bits per heavy atom. The zero-order valence-corrected chi connectivity index (χ0v) is 12.6. The maximum atomic E-state index is 12.3. The molecule has 0 radical (unpaired) electrons. The number of aryl methyl sites for hydroxylation is 1. The van der Waals surface area contributed by atoms with E-state index in [0.29, 0.717) is 16.4 Å². The molecule has 0 unspecified atom stereocenters. The molecule has 3 rings (SSSR count). The molecule has 0 aliphatic carbocycles. The largest absolute Gasteiger partial charge is 0.307 e. The molecule has 3 aromatic rings. The van der Waals surface area contributed by atoms with Gasteiger partial charge in [0.2, 0.25) is 0 Å². The molecule has 110 valence electrons. The van der Waals surface area contributed by atoms with Gasteiger partial charge in [-0.1, -0.05) is 23.7 Å². The van der Waals surface area contributed by atoms with E-state index in [1.165, 1.54) is 0 Å². The summed E-state index contributed by atoms with van der Waals surface area (Å²) in [6.07, 6.45) is 3.40. The minimum atomic E-state index is -0.269. The number of benzene rings is 1. The Kier molecular flexibility index (Phi) is 3.89. The summed E-state index contributed by atoms with van der Waals surface area (Å²) in [7, 11) is 1.77. The Morgan fingerprint density at radius 1 is 1.18 bits per heavy atom. The predicted octanol–water partition coefficient (Wildman–Crippen LogP) is 3.39. The fourth-order valence-corrected chi connectivity index (χ4v) is 2.30. The summed E-state index contributed by atoms with van der Waals surface area (Å²) < 4.78 is 1.62. The predicted molar refractivity (Wildman–Crippen MR) is 85.8 cm³/mol. The second-order valence-corrected chi connectivity index (χ2v) is 5.12. The third-order valence-electron chi connectivity index (χ3n) is 3.22. The van der Waals surface area contributed by atoms with E-state index in [0.717, 1.165) is 11.3 Å². The van der Waals surface area contributed by atoms with E-state index in [4.69, 9.17) is 11.6 Å². The molecule has 0 saturated carbocycles. The summed E-state index contributed by atoms with van der Waals surface area (Å²) in [5.41, 5.74) is 2.12. The zero-order valence-electron chi connectivity index (χ0n) is 11.8. The lowest BCUT2D eigenvalue weighted by Crippen LogP contribution is -2.14. The lowest BCUT2D eigenvalue weighted by atomic mass is 10.2. The van der Waals surface area contributed by atoms with E-state index in [1.807, 2.05) is 18.2 Å². The molecule has 0 fully saturated rings. The number of pyridine rings is 1. The summed E-state index contributed by atoms with van der Waals surface area (Å²) >= 11 is 6.04. The summed E-state index contributed by atoms with van der Waals surface area (Å²) in [5, 5.41) is 7.62. The Morgan fingerprint density at radius 3 is 2.64 bits per heavy atom. The topological polar surface area (TPSA) is 59.8 Å². The van der Waals surface area contributed by atoms with Crippen molar-refractivity contribution in [1.29, 1.82) is 0 Å². The van der Waals surface area contributed by atoms with Crippen LogP contribution in [0.3, 0.4) is 0 Å². The number of nitrogens with one attached hydrogen (secondary N) is 1. The van der Waals surface area contributed by atoms with Gasteiger partial charge in [0.1, 0.15) is 5.82 Å². The summed E-state index contributed by atoms with van der Waals surface area (Å²) in [6, 6.07) is 12.4. The lowest BCUT2D eigenvalue weighted by molar-refractivity contribution is 0.102. The first-order chi connectivity index (χ1) is 10.6. The molecule has 0 spiro atoms. The summed E-state index contributed by atoms with van der Waals surface area (Å²) in [6.45, 7) is 0. The SMILES string of the molecule is Cn1nc(-c2ccncc2)cc1NC(=O)c1ccccc1Cl. The average Bonchev–Trinajstić information content (AvgIpc) is 2.89. The van der Waals surface area contributed by atoms with Gasteiger partial charge in [-0.05, 0) is 24.3 Å². The monoisotopic (exact) mass is 312 g/mol.